The van der Waals surface area contributed by atoms with Crippen LogP contribution in [-0.4, -0.2) is 53.2 Å². The van der Waals surface area contributed by atoms with E-state index in [1.807, 2.05) is 20.0 Å². The normalized spacial score (nSPS) is 31.1. The van der Waals surface area contributed by atoms with Gasteiger partial charge in [-0.2, -0.15) is 4.98 Å². The van der Waals surface area contributed by atoms with E-state index in [-0.39, 0.29) is 6.10 Å². The maximum absolute atomic E-state index is 5.67. The van der Waals surface area contributed by atoms with E-state index in [9.17, 15) is 0 Å². The third-order valence-corrected chi connectivity index (χ3v) is 5.76. The molecule has 3 atom stereocenters. The van der Waals surface area contributed by atoms with Gasteiger partial charge in [-0.1, -0.05) is 6.42 Å². The summed E-state index contributed by atoms with van der Waals surface area (Å²) in [6, 6.07) is 0.859. The fourth-order valence-electron chi connectivity index (χ4n) is 4.73. The Kier molecular flexibility index (Phi) is 4.14. The first-order valence-electron chi connectivity index (χ1n) is 9.17. The highest BCUT2D eigenvalue weighted by Gasteiger charge is 2.42. The Morgan fingerprint density at radius 2 is 1.91 bits per heavy atom. The number of hydrogen-bond donors (Lipinski definition) is 0. The molecule has 0 aromatic carbocycles. The van der Waals surface area contributed by atoms with E-state index < -0.39 is 0 Å². The third-order valence-electron chi connectivity index (χ3n) is 5.76. The molecule has 1 aromatic heterocycles. The first-order valence-corrected chi connectivity index (χ1v) is 9.17. The fraction of sp³-hybridized carbons (Fsp3) is 0.778. The van der Waals surface area contributed by atoms with Gasteiger partial charge in [0.25, 0.3) is 0 Å². The molecule has 3 aliphatic rings. The van der Waals surface area contributed by atoms with Gasteiger partial charge in [-0.15, -0.1) is 0 Å². The third kappa shape index (κ3) is 3.16. The molecular formula is C18H28N4O. The van der Waals surface area contributed by atoms with Crippen molar-refractivity contribution in [3.63, 3.8) is 0 Å². The summed E-state index contributed by atoms with van der Waals surface area (Å²) in [4.78, 5) is 14.0. The number of anilines is 1. The molecule has 4 rings (SSSR count). The molecule has 23 heavy (non-hydrogen) atoms. The van der Waals surface area contributed by atoms with Crippen molar-refractivity contribution in [2.45, 2.75) is 51.7 Å². The maximum atomic E-state index is 5.67. The number of hydrogen-bond acceptors (Lipinski definition) is 5. The summed E-state index contributed by atoms with van der Waals surface area (Å²) in [6.45, 7) is 8.45. The highest BCUT2D eigenvalue weighted by molar-refractivity contribution is 5.38. The number of ether oxygens (including phenoxy) is 1. The van der Waals surface area contributed by atoms with Crippen molar-refractivity contribution in [3.05, 3.63) is 12.4 Å². The summed E-state index contributed by atoms with van der Waals surface area (Å²) in [5, 5.41) is 0. The highest BCUT2D eigenvalue weighted by atomic mass is 16.5. The molecule has 1 aliphatic heterocycles. The molecule has 1 aromatic rings. The van der Waals surface area contributed by atoms with Crippen molar-refractivity contribution in [2.24, 2.45) is 11.8 Å². The summed E-state index contributed by atoms with van der Waals surface area (Å²) in [5.74, 6) is 3.59. The van der Waals surface area contributed by atoms with Crippen LogP contribution in [0.4, 0.5) is 5.82 Å². The van der Waals surface area contributed by atoms with Crippen LogP contribution >= 0.6 is 0 Å². The summed E-state index contributed by atoms with van der Waals surface area (Å²) in [5.41, 5.74) is 0. The Hall–Kier alpha value is -1.36. The van der Waals surface area contributed by atoms with Crippen LogP contribution in [-0.2, 0) is 0 Å². The molecule has 0 radical (unpaired) electrons. The second kappa shape index (κ2) is 6.27. The van der Waals surface area contributed by atoms with E-state index >= 15 is 0 Å². The number of rotatable bonds is 4. The van der Waals surface area contributed by atoms with Crippen LogP contribution in [0.1, 0.15) is 39.5 Å². The van der Waals surface area contributed by atoms with Gasteiger partial charge in [0.15, 0.2) is 5.82 Å². The lowest BCUT2D eigenvalue weighted by Crippen LogP contribution is -2.52. The zero-order valence-electron chi connectivity index (χ0n) is 14.3. The lowest BCUT2D eigenvalue weighted by Gasteiger charge is -2.41. The minimum atomic E-state index is 0.134. The molecule has 5 nitrogen and oxygen atoms in total. The molecule has 2 heterocycles. The van der Waals surface area contributed by atoms with Crippen LogP contribution in [0, 0.1) is 11.8 Å². The van der Waals surface area contributed by atoms with E-state index in [1.165, 1.54) is 25.7 Å². The van der Waals surface area contributed by atoms with Gasteiger partial charge in [0.05, 0.1) is 18.5 Å². The first-order chi connectivity index (χ1) is 11.2. The number of nitrogens with zero attached hydrogens (tertiary/aromatic N) is 4. The van der Waals surface area contributed by atoms with Crippen molar-refractivity contribution in [1.29, 1.82) is 0 Å². The lowest BCUT2D eigenvalue weighted by atomic mass is 9.93. The van der Waals surface area contributed by atoms with Crippen LogP contribution < -0.4 is 9.64 Å². The van der Waals surface area contributed by atoms with Gasteiger partial charge in [-0.3, -0.25) is 9.88 Å². The second-order valence-corrected chi connectivity index (χ2v) is 7.65. The SMILES string of the molecule is CC(C)Oc1cncc(N2CCN(C3CC4CCC3C4)CC2)n1. The molecule has 126 valence electrons. The molecule has 1 saturated heterocycles. The largest absolute Gasteiger partial charge is 0.474 e. The van der Waals surface area contributed by atoms with Gasteiger partial charge >= 0.3 is 0 Å². The van der Waals surface area contributed by atoms with E-state index in [0.29, 0.717) is 5.88 Å². The molecule has 2 bridgehead atoms. The summed E-state index contributed by atoms with van der Waals surface area (Å²) < 4.78 is 5.67. The zero-order chi connectivity index (χ0) is 15.8. The van der Waals surface area contributed by atoms with Crippen LogP contribution in [0.15, 0.2) is 12.4 Å². The summed E-state index contributed by atoms with van der Waals surface area (Å²) in [6.07, 6.45) is 9.59. The van der Waals surface area contributed by atoms with E-state index in [0.717, 1.165) is 49.9 Å². The van der Waals surface area contributed by atoms with Crippen molar-refractivity contribution in [1.82, 2.24) is 14.9 Å². The van der Waals surface area contributed by atoms with Crippen molar-refractivity contribution in [2.75, 3.05) is 31.1 Å². The average Bonchev–Trinajstić information content (AvgIpc) is 3.18. The first kappa shape index (κ1) is 15.2. The van der Waals surface area contributed by atoms with Gasteiger partial charge in [-0.25, -0.2) is 0 Å². The van der Waals surface area contributed by atoms with Gasteiger partial charge in [0.1, 0.15) is 0 Å². The highest BCUT2D eigenvalue weighted by Crippen LogP contribution is 2.46. The van der Waals surface area contributed by atoms with Crippen LogP contribution in [0.3, 0.4) is 0 Å². The van der Waals surface area contributed by atoms with E-state index in [2.05, 4.69) is 19.8 Å². The Balaban J connectivity index is 1.36. The Bertz CT molecular complexity index is 542. The molecule has 0 spiro atoms. The standard InChI is InChI=1S/C18H28N4O/c1-13(2)23-18-12-19-11-17(20-18)22-7-5-21(6-8-22)16-10-14-3-4-15(16)9-14/h11-16H,3-10H2,1-2H3. The molecule has 0 amide bonds. The van der Waals surface area contributed by atoms with E-state index in [1.54, 1.807) is 6.20 Å². The number of aromatic nitrogens is 2. The van der Waals surface area contributed by atoms with Crippen molar-refractivity contribution < 1.29 is 4.74 Å². The van der Waals surface area contributed by atoms with Gasteiger partial charge in [0.2, 0.25) is 5.88 Å². The predicted octanol–water partition coefficient (Wildman–Crippen LogP) is 2.57. The molecule has 5 heteroatoms. The molecule has 3 unspecified atom stereocenters. The van der Waals surface area contributed by atoms with Crippen LogP contribution in [0.2, 0.25) is 0 Å². The second-order valence-electron chi connectivity index (χ2n) is 7.65. The van der Waals surface area contributed by atoms with Gasteiger partial charge in [-0.05, 0) is 44.9 Å². The average molecular weight is 316 g/mol. The molecule has 0 N–H and O–H groups in total. The molecule has 2 aliphatic carbocycles. The van der Waals surface area contributed by atoms with Gasteiger partial charge < -0.3 is 9.64 Å². The number of piperazine rings is 1. The fourth-order valence-corrected chi connectivity index (χ4v) is 4.73. The van der Waals surface area contributed by atoms with Crippen molar-refractivity contribution >= 4 is 5.82 Å². The predicted molar refractivity (Wildman–Crippen MR) is 90.8 cm³/mol. The van der Waals surface area contributed by atoms with Gasteiger partial charge in [0, 0.05) is 32.2 Å². The quantitative estimate of drug-likeness (QED) is 0.854. The van der Waals surface area contributed by atoms with Crippen LogP contribution in [0.5, 0.6) is 5.88 Å². The lowest BCUT2D eigenvalue weighted by molar-refractivity contribution is 0.134. The molecular weight excluding hydrogens is 288 g/mol. The summed E-state index contributed by atoms with van der Waals surface area (Å²) in [7, 11) is 0. The zero-order valence-corrected chi connectivity index (χ0v) is 14.3. The topological polar surface area (TPSA) is 41.5 Å². The Morgan fingerprint density at radius 1 is 1.09 bits per heavy atom. The van der Waals surface area contributed by atoms with Crippen molar-refractivity contribution in [3.8, 4) is 5.88 Å². The monoisotopic (exact) mass is 316 g/mol. The Labute approximate surface area is 139 Å². The Morgan fingerprint density at radius 3 is 2.57 bits per heavy atom. The minimum absolute atomic E-state index is 0.134. The molecule has 2 saturated carbocycles. The maximum Gasteiger partial charge on any atom is 0.234 e. The van der Waals surface area contributed by atoms with Crippen LogP contribution in [0.25, 0.3) is 0 Å². The molecule has 3 fully saturated rings. The number of fused-ring (bicyclic) bond motifs is 2. The summed E-state index contributed by atoms with van der Waals surface area (Å²) >= 11 is 0. The minimum Gasteiger partial charge on any atom is -0.474 e. The van der Waals surface area contributed by atoms with E-state index in [4.69, 9.17) is 4.74 Å². The smallest absolute Gasteiger partial charge is 0.234 e.